The Balaban J connectivity index is 1.49. The lowest BCUT2D eigenvalue weighted by molar-refractivity contribution is -0.143. The number of hydrogen-bond donors (Lipinski definition) is 1. The lowest BCUT2D eigenvalue weighted by Gasteiger charge is -2.27. The Morgan fingerprint density at radius 2 is 1.55 bits per heavy atom. The minimum atomic E-state index is -5.79. The molecule has 3 saturated heterocycles. The first-order chi connectivity index (χ1) is 18.5. The maximum atomic E-state index is 14.5. The van der Waals surface area contributed by atoms with E-state index in [0.29, 0.717) is 10.7 Å². The number of carbonyl (C=O) groups excluding carboxylic acids is 2. The summed E-state index contributed by atoms with van der Waals surface area (Å²) in [5.41, 5.74) is 0.102. The van der Waals surface area contributed by atoms with Crippen molar-refractivity contribution in [1.82, 2.24) is 0 Å². The third-order valence-electron chi connectivity index (χ3n) is 6.27. The van der Waals surface area contributed by atoms with Gasteiger partial charge in [-0.1, -0.05) is 0 Å². The van der Waals surface area contributed by atoms with Crippen LogP contribution in [0.25, 0.3) is 0 Å². The Morgan fingerprint density at radius 3 is 2.12 bits per heavy atom. The van der Waals surface area contributed by atoms with Gasteiger partial charge in [-0.2, -0.15) is 25.6 Å². The molecule has 2 bridgehead atoms. The van der Waals surface area contributed by atoms with Crippen LogP contribution in [0.5, 0.6) is 5.75 Å². The van der Waals surface area contributed by atoms with Crippen molar-refractivity contribution in [2.24, 2.45) is 5.92 Å². The van der Waals surface area contributed by atoms with Crippen LogP contribution < -0.4 is 4.74 Å². The molecule has 0 saturated carbocycles. The molecule has 0 amide bonds. The molecule has 11 nitrogen and oxygen atoms in total. The molecule has 6 atom stereocenters. The Kier molecular flexibility index (Phi) is 7.90. The highest BCUT2D eigenvalue weighted by Gasteiger charge is 2.74. The quantitative estimate of drug-likeness (QED) is 0.0894. The normalized spacial score (nSPS) is 28.1. The Bertz CT molecular complexity index is 1690. The van der Waals surface area contributed by atoms with Crippen LogP contribution in [0.15, 0.2) is 17.0 Å². The molecule has 6 unspecified atom stereocenters. The molecule has 3 aliphatic rings. The van der Waals surface area contributed by atoms with Crippen LogP contribution in [0.4, 0.5) is 17.6 Å². The minimum absolute atomic E-state index is 0.102. The third-order valence-corrected chi connectivity index (χ3v) is 12.5. The molecule has 3 fully saturated rings. The van der Waals surface area contributed by atoms with E-state index < -0.39 is 102 Å². The van der Waals surface area contributed by atoms with Crippen LogP contribution in [0.3, 0.4) is 0 Å². The molecule has 216 valence electrons. The highest BCUT2D eigenvalue weighted by Crippen LogP contribution is 2.52. The van der Waals surface area contributed by atoms with E-state index in [1.165, 1.54) is 6.07 Å². The van der Waals surface area contributed by atoms with Crippen molar-refractivity contribution in [3.63, 3.8) is 0 Å². The molecule has 0 spiro atoms. The van der Waals surface area contributed by atoms with Crippen LogP contribution >= 0.6 is 67.8 Å². The zero-order valence-corrected chi connectivity index (χ0v) is 26.7. The van der Waals surface area contributed by atoms with Gasteiger partial charge in [-0.25, -0.2) is 13.6 Å². The number of halogens is 7. The van der Waals surface area contributed by atoms with E-state index in [1.807, 2.05) is 67.8 Å². The summed E-state index contributed by atoms with van der Waals surface area (Å²) < 4.78 is 136. The van der Waals surface area contributed by atoms with Crippen LogP contribution in [0.1, 0.15) is 10.4 Å². The van der Waals surface area contributed by atoms with Gasteiger partial charge >= 0.3 is 22.1 Å². The SMILES string of the molecule is O=C(OC1C2OS(=O)(=O)C3C2OC1C3C(=O)Oc1c(F)c(F)c(S(=O)(=O)O)c(F)c1F)c1cc(I)cc(I)c1I. The van der Waals surface area contributed by atoms with E-state index >= 15 is 0 Å². The maximum absolute atomic E-state index is 14.5. The van der Waals surface area contributed by atoms with E-state index in [0.717, 1.165) is 0 Å². The predicted octanol–water partition coefficient (Wildman–Crippen LogP) is 2.93. The first-order valence-corrected chi connectivity index (χ1v) is 16.6. The van der Waals surface area contributed by atoms with E-state index in [4.69, 9.17) is 18.2 Å². The topological polar surface area (TPSA) is 160 Å². The largest absolute Gasteiger partial charge is 0.453 e. The average Bonchev–Trinajstić information content (AvgIpc) is 3.44. The van der Waals surface area contributed by atoms with Gasteiger partial charge in [-0.05, 0) is 79.9 Å². The monoisotopic (exact) mass is 946 g/mol. The van der Waals surface area contributed by atoms with Crippen LogP contribution in [-0.4, -0.2) is 63.0 Å². The molecule has 2 aromatic carbocycles. The van der Waals surface area contributed by atoms with Crippen molar-refractivity contribution in [2.75, 3.05) is 0 Å². The summed E-state index contributed by atoms with van der Waals surface area (Å²) in [5, 5.41) is -1.79. The van der Waals surface area contributed by atoms with Crippen molar-refractivity contribution < 1.29 is 66.9 Å². The first-order valence-electron chi connectivity index (χ1n) is 10.4. The summed E-state index contributed by atoms with van der Waals surface area (Å²) in [7, 11) is -10.4. The number of benzene rings is 2. The van der Waals surface area contributed by atoms with Gasteiger partial charge in [0.2, 0.25) is 17.4 Å². The summed E-state index contributed by atoms with van der Waals surface area (Å²) in [6.07, 6.45) is -5.85. The van der Waals surface area contributed by atoms with Gasteiger partial charge in [0.1, 0.15) is 29.5 Å². The van der Waals surface area contributed by atoms with Crippen molar-refractivity contribution in [2.45, 2.75) is 34.6 Å². The van der Waals surface area contributed by atoms with Crippen molar-refractivity contribution in [3.05, 3.63) is 51.7 Å². The molecular formula is C20H9F4I3O11S2. The van der Waals surface area contributed by atoms with E-state index in [2.05, 4.69) is 4.74 Å². The zero-order valence-electron chi connectivity index (χ0n) is 18.6. The number of rotatable bonds is 5. The van der Waals surface area contributed by atoms with Gasteiger partial charge in [-0.15, -0.1) is 0 Å². The molecule has 0 aliphatic carbocycles. The second kappa shape index (κ2) is 10.4. The van der Waals surface area contributed by atoms with Crippen molar-refractivity contribution >= 4 is 99.9 Å². The van der Waals surface area contributed by atoms with Gasteiger partial charge in [0, 0.05) is 10.7 Å². The van der Waals surface area contributed by atoms with E-state index in [-0.39, 0.29) is 5.56 Å². The van der Waals surface area contributed by atoms with Gasteiger partial charge in [-0.3, -0.25) is 13.5 Å². The maximum Gasteiger partial charge on any atom is 0.339 e. The van der Waals surface area contributed by atoms with Gasteiger partial charge < -0.3 is 14.2 Å². The molecule has 40 heavy (non-hydrogen) atoms. The van der Waals surface area contributed by atoms with Crippen LogP contribution in [0, 0.1) is 39.9 Å². The molecule has 20 heteroatoms. The molecule has 3 heterocycles. The lowest BCUT2D eigenvalue weighted by atomic mass is 9.84. The molecule has 0 aromatic heterocycles. The number of ether oxygens (including phenoxy) is 3. The highest BCUT2D eigenvalue weighted by atomic mass is 127. The van der Waals surface area contributed by atoms with Crippen molar-refractivity contribution in [1.29, 1.82) is 0 Å². The smallest absolute Gasteiger partial charge is 0.339 e. The van der Waals surface area contributed by atoms with E-state index in [9.17, 15) is 44.0 Å². The molecule has 2 aromatic rings. The molecule has 0 radical (unpaired) electrons. The van der Waals surface area contributed by atoms with Crippen LogP contribution in [0.2, 0.25) is 0 Å². The number of fused-ring (bicyclic) bond motifs is 1. The van der Waals surface area contributed by atoms with Gasteiger partial charge in [0.25, 0.3) is 10.1 Å². The van der Waals surface area contributed by atoms with Gasteiger partial charge in [0.15, 0.2) is 22.6 Å². The summed E-state index contributed by atoms with van der Waals surface area (Å²) in [6, 6.07) is 3.27. The van der Waals surface area contributed by atoms with Crippen molar-refractivity contribution in [3.8, 4) is 5.75 Å². The summed E-state index contributed by atoms with van der Waals surface area (Å²) in [5.74, 6) is -16.9. The minimum Gasteiger partial charge on any atom is -0.453 e. The second-order valence-electron chi connectivity index (χ2n) is 8.54. The lowest BCUT2D eigenvalue weighted by Crippen LogP contribution is -2.50. The standard InChI is InChI=1S/C20H9F4I3O11S2/c21-7-9(23)18(39(30,31)32)10(24)8(22)13(7)36-20(29)6-12-14(15-16(35-12)17(6)40(33,34)38-15)37-19(28)4-1-3(25)2-5(26)11(4)27/h1-2,6,12,14-17H,(H,30,31,32). The van der Waals surface area contributed by atoms with Crippen LogP contribution in [-0.2, 0) is 38.7 Å². The molecule has 5 rings (SSSR count). The average molecular weight is 946 g/mol. The third kappa shape index (κ3) is 4.82. The fraction of sp³-hybridized carbons (Fsp3) is 0.300. The Labute approximate surface area is 262 Å². The summed E-state index contributed by atoms with van der Waals surface area (Å²) in [6.45, 7) is 0. The molecule has 1 N–H and O–H groups in total. The molecular weight excluding hydrogens is 937 g/mol. The zero-order chi connectivity index (χ0) is 29.6. The fourth-order valence-electron chi connectivity index (χ4n) is 4.70. The summed E-state index contributed by atoms with van der Waals surface area (Å²) in [4.78, 5) is 23.7. The number of esters is 2. The first kappa shape index (κ1) is 30.5. The Hall–Kier alpha value is -0.930. The van der Waals surface area contributed by atoms with Gasteiger partial charge in [0.05, 0.1) is 5.56 Å². The fourth-order valence-corrected chi connectivity index (χ4v) is 9.54. The Morgan fingerprint density at radius 1 is 0.950 bits per heavy atom. The number of hydrogen-bond acceptors (Lipinski definition) is 10. The number of carbonyl (C=O) groups is 2. The predicted molar refractivity (Wildman–Crippen MR) is 145 cm³/mol. The highest BCUT2D eigenvalue weighted by molar-refractivity contribution is 14.1. The van der Waals surface area contributed by atoms with E-state index in [1.54, 1.807) is 6.07 Å². The molecule has 3 aliphatic heterocycles. The second-order valence-corrected chi connectivity index (χ2v) is 15.1. The summed E-state index contributed by atoms with van der Waals surface area (Å²) >= 11 is 5.83.